The number of fused-ring (bicyclic) bond motifs is 1. The molecule has 13 nitrogen and oxygen atoms in total. The van der Waals surface area contributed by atoms with E-state index < -0.39 is 0 Å². The van der Waals surface area contributed by atoms with Gasteiger partial charge in [-0.15, -0.1) is 0 Å². The Morgan fingerprint density at radius 3 is 2.32 bits per heavy atom. The summed E-state index contributed by atoms with van der Waals surface area (Å²) in [6, 6.07) is 10.1. The summed E-state index contributed by atoms with van der Waals surface area (Å²) in [6.07, 6.45) is 6.79. The molecule has 7 rings (SSSR count). The minimum atomic E-state index is -0.236. The van der Waals surface area contributed by atoms with Gasteiger partial charge in [-0.25, -0.2) is 0 Å². The molecule has 280 valence electrons. The number of nitrogens with one attached hydrogen (secondary N) is 2. The molecule has 3 saturated heterocycles. The first-order chi connectivity index (χ1) is 25.6. The van der Waals surface area contributed by atoms with Crippen molar-refractivity contribution in [1.82, 2.24) is 34.8 Å². The van der Waals surface area contributed by atoms with Crippen molar-refractivity contribution in [2.75, 3.05) is 60.0 Å². The van der Waals surface area contributed by atoms with E-state index in [4.69, 9.17) is 21.1 Å². The van der Waals surface area contributed by atoms with Crippen molar-refractivity contribution in [3.05, 3.63) is 74.8 Å². The number of hydrogen-bond acceptors (Lipinski definition) is 9. The van der Waals surface area contributed by atoms with Gasteiger partial charge in [-0.3, -0.25) is 39.4 Å². The van der Waals surface area contributed by atoms with Crippen molar-refractivity contribution < 1.29 is 23.9 Å². The van der Waals surface area contributed by atoms with Crippen LogP contribution in [0.2, 0.25) is 5.02 Å². The lowest BCUT2D eigenvalue weighted by Gasteiger charge is -2.37. The highest BCUT2D eigenvalue weighted by Crippen LogP contribution is 2.38. The number of aromatic nitrogens is 3. The number of piperazine rings is 1. The minimum absolute atomic E-state index is 0.145. The number of nitrogens with zero attached hydrogens (tertiary/aromatic N) is 5. The quantitative estimate of drug-likeness (QED) is 0.233. The number of methoxy groups -OCH3 is 2. The fraction of sp³-hybridized carbons (Fsp3) is 0.462. The zero-order chi connectivity index (χ0) is 37.2. The summed E-state index contributed by atoms with van der Waals surface area (Å²) < 4.78 is 13.3. The summed E-state index contributed by atoms with van der Waals surface area (Å²) in [4.78, 5) is 56.2. The molecule has 0 saturated carbocycles. The maximum Gasteiger partial charge on any atom is 0.276 e. The number of rotatable bonds is 10. The third-order valence-electron chi connectivity index (χ3n) is 11.1. The van der Waals surface area contributed by atoms with Crippen LogP contribution in [0.1, 0.15) is 48.3 Å². The number of likely N-dealkylation sites (tertiary alicyclic amines) is 1. The second-order valence-electron chi connectivity index (χ2n) is 14.4. The molecule has 3 fully saturated rings. The maximum atomic E-state index is 13.4. The lowest BCUT2D eigenvalue weighted by atomic mass is 9.87. The van der Waals surface area contributed by atoms with Crippen LogP contribution in [-0.2, 0) is 34.4 Å². The van der Waals surface area contributed by atoms with Crippen LogP contribution < -0.4 is 20.3 Å². The maximum absolute atomic E-state index is 13.4. The first-order valence-electron chi connectivity index (χ1n) is 18.2. The van der Waals surface area contributed by atoms with Gasteiger partial charge in [0, 0.05) is 74.3 Å². The number of benzene rings is 2. The van der Waals surface area contributed by atoms with Crippen LogP contribution in [-0.4, -0.2) is 107 Å². The van der Waals surface area contributed by atoms with E-state index in [1.165, 1.54) is 10.1 Å². The number of H-pyrrole nitrogens is 1. The van der Waals surface area contributed by atoms with Gasteiger partial charge in [0.1, 0.15) is 17.0 Å². The number of imide groups is 1. The number of ether oxygens (including phenoxy) is 2. The molecule has 5 heterocycles. The van der Waals surface area contributed by atoms with E-state index in [1.54, 1.807) is 33.7 Å². The number of hydrogen-bond donors (Lipinski definition) is 2. The fourth-order valence-electron chi connectivity index (χ4n) is 7.95. The average Bonchev–Trinajstić information content (AvgIpc) is 3.66. The van der Waals surface area contributed by atoms with Crippen molar-refractivity contribution >= 4 is 40.2 Å². The molecular formula is C39H46ClN7O6. The average molecular weight is 744 g/mol. The minimum Gasteiger partial charge on any atom is -0.496 e. The second-order valence-corrected chi connectivity index (χ2v) is 14.8. The number of carbonyl (C=O) groups excluding carboxylic acids is 3. The van der Waals surface area contributed by atoms with Gasteiger partial charge in [-0.05, 0) is 79.6 Å². The zero-order valence-electron chi connectivity index (χ0n) is 30.5. The molecule has 0 aliphatic carbocycles. The lowest BCUT2D eigenvalue weighted by Crippen LogP contribution is -2.51. The van der Waals surface area contributed by atoms with E-state index in [0.717, 1.165) is 66.7 Å². The number of aromatic amines is 1. The van der Waals surface area contributed by atoms with Crippen LogP contribution in [0.5, 0.6) is 11.5 Å². The smallest absolute Gasteiger partial charge is 0.276 e. The van der Waals surface area contributed by atoms with Gasteiger partial charge in [-0.2, -0.15) is 5.10 Å². The first kappa shape index (κ1) is 36.6. The van der Waals surface area contributed by atoms with E-state index in [0.29, 0.717) is 73.4 Å². The Balaban J connectivity index is 0.908. The number of pyridine rings is 1. The molecule has 2 N–H and O–H groups in total. The molecule has 3 amide bonds. The van der Waals surface area contributed by atoms with Gasteiger partial charge < -0.3 is 18.9 Å². The molecule has 1 unspecified atom stereocenters. The molecule has 0 spiro atoms. The normalized spacial score (nSPS) is 19.1. The molecule has 3 aliphatic rings. The largest absolute Gasteiger partial charge is 0.496 e. The third kappa shape index (κ3) is 7.83. The molecule has 2 aromatic heterocycles. The lowest BCUT2D eigenvalue weighted by molar-refractivity contribution is -0.136. The van der Waals surface area contributed by atoms with Gasteiger partial charge in [-0.1, -0.05) is 23.7 Å². The summed E-state index contributed by atoms with van der Waals surface area (Å²) >= 11 is 6.68. The summed E-state index contributed by atoms with van der Waals surface area (Å²) in [7, 11) is 5.01. The number of aryl methyl sites for hydroxylation is 1. The monoisotopic (exact) mass is 743 g/mol. The summed E-state index contributed by atoms with van der Waals surface area (Å²) in [5.41, 5.74) is 5.05. The zero-order valence-corrected chi connectivity index (χ0v) is 31.2. The van der Waals surface area contributed by atoms with Crippen LogP contribution in [0.4, 0.5) is 0 Å². The summed E-state index contributed by atoms with van der Waals surface area (Å²) in [6.45, 7) is 5.47. The Kier molecular flexibility index (Phi) is 10.9. The second kappa shape index (κ2) is 15.7. The number of halogens is 1. The molecule has 3 aliphatic heterocycles. The SMILES string of the molecule is COc1cc(-c2cn(C)c(=O)c3[nH]ncc23)cc(OC)c1CN1CCN(C(=O)CN2CCC(c3ccc(CC4CCC(=O)NC4=O)c(Cl)c3)CC2)CC1. The van der Waals surface area contributed by atoms with E-state index in [-0.39, 0.29) is 29.2 Å². The number of carbonyl (C=O) groups is 3. The number of piperidine rings is 2. The van der Waals surface area contributed by atoms with Crippen molar-refractivity contribution in [1.29, 1.82) is 0 Å². The van der Waals surface area contributed by atoms with Crippen LogP contribution in [0.25, 0.3) is 22.0 Å². The van der Waals surface area contributed by atoms with E-state index in [2.05, 4.69) is 31.4 Å². The van der Waals surface area contributed by atoms with Crippen LogP contribution >= 0.6 is 11.6 Å². The fourth-order valence-corrected chi connectivity index (χ4v) is 8.22. The molecule has 2 aromatic carbocycles. The van der Waals surface area contributed by atoms with Gasteiger partial charge in [0.05, 0.1) is 32.5 Å². The topological polar surface area (TPSA) is 142 Å². The molecule has 0 bridgehead atoms. The molecule has 4 aromatic rings. The van der Waals surface area contributed by atoms with Crippen LogP contribution in [0, 0.1) is 5.92 Å². The molecule has 1 atom stereocenters. The third-order valence-corrected chi connectivity index (χ3v) is 11.5. The molecular weight excluding hydrogens is 698 g/mol. The van der Waals surface area contributed by atoms with Crippen LogP contribution in [0.3, 0.4) is 0 Å². The Bertz CT molecular complexity index is 2050. The van der Waals surface area contributed by atoms with E-state index in [9.17, 15) is 19.2 Å². The molecule has 53 heavy (non-hydrogen) atoms. The van der Waals surface area contributed by atoms with Gasteiger partial charge >= 0.3 is 0 Å². The first-order valence-corrected chi connectivity index (χ1v) is 18.6. The standard InChI is InChI=1S/C39H46ClN7O6/c1-44-21-30(29-20-41-43-37(29)39(44)51)28-18-33(52-2)31(34(19-28)53-3)22-46-12-14-47(15-13-46)36(49)23-45-10-8-24(9-11-45)25-4-5-26(32(40)17-25)16-27-6-7-35(48)42-38(27)50/h4-5,17-21,24,27H,6-16,22-23H2,1-3H3,(H,41,43)(H,42,48,50). The van der Waals surface area contributed by atoms with Crippen LogP contribution in [0.15, 0.2) is 47.5 Å². The highest BCUT2D eigenvalue weighted by molar-refractivity contribution is 6.31. The van der Waals surface area contributed by atoms with Gasteiger partial charge in [0.2, 0.25) is 17.7 Å². The predicted octanol–water partition coefficient (Wildman–Crippen LogP) is 3.72. The van der Waals surface area contributed by atoms with E-state index >= 15 is 0 Å². The Morgan fingerprint density at radius 1 is 0.943 bits per heavy atom. The predicted molar refractivity (Wildman–Crippen MR) is 201 cm³/mol. The van der Waals surface area contributed by atoms with Crippen molar-refractivity contribution in [3.63, 3.8) is 0 Å². The van der Waals surface area contributed by atoms with Gasteiger partial charge in [0.15, 0.2) is 0 Å². The summed E-state index contributed by atoms with van der Waals surface area (Å²) in [5, 5.41) is 10.7. The Morgan fingerprint density at radius 2 is 1.66 bits per heavy atom. The number of amides is 3. The summed E-state index contributed by atoms with van der Waals surface area (Å²) in [5.74, 6) is 1.24. The van der Waals surface area contributed by atoms with Crippen molar-refractivity contribution in [3.8, 4) is 22.6 Å². The molecule has 14 heteroatoms. The Hall–Kier alpha value is -4.72. The Labute approximate surface area is 313 Å². The van der Waals surface area contributed by atoms with Crippen molar-refractivity contribution in [2.24, 2.45) is 13.0 Å². The molecule has 0 radical (unpaired) electrons. The van der Waals surface area contributed by atoms with E-state index in [1.807, 2.05) is 29.2 Å². The highest BCUT2D eigenvalue weighted by atomic mass is 35.5. The van der Waals surface area contributed by atoms with Gasteiger partial charge in [0.25, 0.3) is 5.56 Å². The highest BCUT2D eigenvalue weighted by Gasteiger charge is 2.29. The van der Waals surface area contributed by atoms with Crippen molar-refractivity contribution in [2.45, 2.75) is 44.6 Å².